The Kier molecular flexibility index (Phi) is 16.8. The van der Waals surface area contributed by atoms with Crippen molar-refractivity contribution in [2.75, 3.05) is 37.8 Å². The van der Waals surface area contributed by atoms with Gasteiger partial charge in [0.25, 0.3) is 0 Å². The molecule has 28 heteroatoms. The van der Waals surface area contributed by atoms with Crippen molar-refractivity contribution in [3.63, 3.8) is 0 Å². The summed E-state index contributed by atoms with van der Waals surface area (Å²) in [4.78, 5) is 88.2. The average Bonchev–Trinajstić information content (AvgIpc) is 3.54. The minimum Gasteiger partial charge on any atom is -0.386 e. The summed E-state index contributed by atoms with van der Waals surface area (Å²) in [6.07, 6.45) is -0.745. The number of imidazole rings is 1. The van der Waals surface area contributed by atoms with Gasteiger partial charge < -0.3 is 50.9 Å². The van der Waals surface area contributed by atoms with Gasteiger partial charge in [-0.25, -0.2) is 28.6 Å². The highest BCUT2D eigenvalue weighted by Crippen LogP contribution is 2.61. The van der Waals surface area contributed by atoms with Crippen LogP contribution in [0, 0.1) is 11.3 Å². The van der Waals surface area contributed by atoms with Gasteiger partial charge in [-0.15, -0.1) is 0 Å². The molecule has 2 aromatic rings. The first-order valence-corrected chi connectivity index (χ1v) is 23.2. The molecule has 0 bridgehead atoms. The maximum Gasteiger partial charge on any atom is 0.481 e. The molecular weight excluding hydrogens is 843 g/mol. The number of ether oxygens (including phenoxy) is 1. The van der Waals surface area contributed by atoms with Gasteiger partial charge in [0.05, 0.1) is 19.5 Å². The number of thioether (sulfide) groups is 1. The minimum absolute atomic E-state index is 0.0334. The Hall–Kier alpha value is -2.44. The van der Waals surface area contributed by atoms with E-state index in [4.69, 9.17) is 19.5 Å². The van der Waals surface area contributed by atoms with Crippen molar-refractivity contribution >= 4 is 69.1 Å². The predicted octanol–water partition coefficient (Wildman–Crippen LogP) is 0.635. The van der Waals surface area contributed by atoms with E-state index in [1.54, 1.807) is 0 Å². The molecule has 1 saturated heterocycles. The summed E-state index contributed by atoms with van der Waals surface area (Å²) in [6, 6.07) is 0. The van der Waals surface area contributed by atoms with Crippen LogP contribution in [0.2, 0.25) is 0 Å². The van der Waals surface area contributed by atoms with Crippen LogP contribution in [0.4, 0.5) is 5.82 Å². The number of hydrogen-bond donors (Lipinski definition) is 9. The van der Waals surface area contributed by atoms with Crippen LogP contribution < -0.4 is 16.4 Å². The van der Waals surface area contributed by atoms with Crippen molar-refractivity contribution in [3.05, 3.63) is 12.7 Å². The zero-order valence-corrected chi connectivity index (χ0v) is 34.4. The SMILES string of the molecule is CC(C)(COP(=O)(O)OP(=O)(O)OC[C@H]1O[C@@H](n2cnc3c(N)ncnc32)[C@H](O)[C@@H]1OP(=O)(O)O)C(O)C(=O)NCCC(=O)NCCSC(=O)C1CCCCCC1. The van der Waals surface area contributed by atoms with Crippen LogP contribution in [0.3, 0.4) is 0 Å². The number of phosphoric acid groups is 3. The fourth-order valence-corrected chi connectivity index (χ4v) is 9.62. The molecule has 2 fully saturated rings. The summed E-state index contributed by atoms with van der Waals surface area (Å²) < 4.78 is 62.2. The van der Waals surface area contributed by atoms with E-state index in [0.29, 0.717) is 5.75 Å². The molecule has 4 rings (SSSR count). The first kappa shape index (κ1) is 47.2. The van der Waals surface area contributed by atoms with Crippen LogP contribution in [0.5, 0.6) is 0 Å². The number of nitrogens with one attached hydrogen (secondary N) is 2. The van der Waals surface area contributed by atoms with Crippen molar-refractivity contribution in [1.29, 1.82) is 0 Å². The van der Waals surface area contributed by atoms with Crippen molar-refractivity contribution < 1.29 is 80.5 Å². The van der Waals surface area contributed by atoms with E-state index in [2.05, 4.69) is 34.4 Å². The summed E-state index contributed by atoms with van der Waals surface area (Å²) in [7, 11) is -16.4. The molecule has 3 unspecified atom stereocenters. The number of aliphatic hydroxyl groups is 2. The second-order valence-corrected chi connectivity index (χ2v) is 19.3. The number of nitrogens with zero attached hydrogens (tertiary/aromatic N) is 4. The van der Waals surface area contributed by atoms with E-state index >= 15 is 0 Å². The standard InChI is InChI=1S/C29H48N7O17P3S/c1-29(2,23(39)26(40)32-10-9-19(37)31-11-12-57-28(41)17-7-5-3-4-6-8-17)14-50-56(47,48)53-55(45,46)49-13-18-22(52-54(42,43)44)21(38)27(51-18)36-16-35-20-24(30)33-15-34-25(20)36/h15-18,21-23,27,38-39H,3-14H2,1-2H3,(H,31,37)(H,32,40)(H,45,46)(H,47,48)(H2,30,33,34)(H2,42,43,44)/t18-,21-,22-,23?,27-/m1/s1. The number of carbonyl (C=O) groups is 3. The van der Waals surface area contributed by atoms with Gasteiger partial charge >= 0.3 is 23.5 Å². The van der Waals surface area contributed by atoms with Gasteiger partial charge in [0.2, 0.25) is 11.8 Å². The Morgan fingerprint density at radius 1 is 1.02 bits per heavy atom. The lowest BCUT2D eigenvalue weighted by molar-refractivity contribution is -0.137. The van der Waals surface area contributed by atoms with E-state index in [0.717, 1.165) is 55.7 Å². The summed E-state index contributed by atoms with van der Waals surface area (Å²) in [6.45, 7) is 0.588. The molecule has 1 saturated carbocycles. The van der Waals surface area contributed by atoms with E-state index in [-0.39, 0.29) is 47.5 Å². The number of nitrogen functional groups attached to an aromatic ring is 1. The molecule has 1 aliphatic heterocycles. The first-order chi connectivity index (χ1) is 26.6. The Bertz CT molecular complexity index is 1860. The molecule has 0 spiro atoms. The van der Waals surface area contributed by atoms with E-state index in [1.165, 1.54) is 25.6 Å². The minimum atomic E-state index is -5.57. The summed E-state index contributed by atoms with van der Waals surface area (Å²) in [5.41, 5.74) is 4.28. The molecule has 10 N–H and O–H groups in total. The number of anilines is 1. The maximum absolute atomic E-state index is 12.7. The normalized spacial score (nSPS) is 23.6. The zero-order valence-electron chi connectivity index (χ0n) is 30.9. The van der Waals surface area contributed by atoms with Gasteiger partial charge in [-0.1, -0.05) is 51.3 Å². The molecular formula is C29H48N7O17P3S. The Labute approximate surface area is 330 Å². The van der Waals surface area contributed by atoms with Gasteiger partial charge in [-0.2, -0.15) is 4.31 Å². The fraction of sp³-hybridized carbons (Fsp3) is 0.724. The fourth-order valence-electron chi connectivity index (χ4n) is 5.91. The van der Waals surface area contributed by atoms with Crippen LogP contribution in [0.1, 0.15) is 65.0 Å². The van der Waals surface area contributed by atoms with Crippen LogP contribution in [0.25, 0.3) is 11.2 Å². The largest absolute Gasteiger partial charge is 0.481 e. The number of hydrogen-bond acceptors (Lipinski definition) is 18. The lowest BCUT2D eigenvalue weighted by atomic mass is 9.87. The maximum atomic E-state index is 12.7. The predicted molar refractivity (Wildman–Crippen MR) is 198 cm³/mol. The third-order valence-electron chi connectivity index (χ3n) is 8.93. The van der Waals surface area contributed by atoms with E-state index in [9.17, 15) is 57.9 Å². The van der Waals surface area contributed by atoms with Crippen molar-refractivity contribution in [3.8, 4) is 0 Å². The number of aliphatic hydroxyl groups excluding tert-OH is 2. The summed E-state index contributed by atoms with van der Waals surface area (Å²) >= 11 is 1.19. The molecule has 1 aliphatic carbocycles. The third-order valence-corrected chi connectivity index (χ3v) is 13.1. The number of carbonyl (C=O) groups excluding carboxylic acids is 3. The van der Waals surface area contributed by atoms with Crippen molar-refractivity contribution in [2.24, 2.45) is 11.3 Å². The monoisotopic (exact) mass is 891 g/mol. The van der Waals surface area contributed by atoms with E-state index in [1.807, 2.05) is 0 Å². The Morgan fingerprint density at radius 3 is 2.35 bits per heavy atom. The van der Waals surface area contributed by atoms with Gasteiger partial charge in [-0.05, 0) is 12.8 Å². The molecule has 24 nitrogen and oxygen atoms in total. The molecule has 57 heavy (non-hydrogen) atoms. The number of amides is 2. The number of rotatable bonds is 20. The number of nitrogens with two attached hydrogens (primary N) is 1. The van der Waals surface area contributed by atoms with Gasteiger partial charge in [-0.3, -0.25) is 32.5 Å². The quantitative estimate of drug-likeness (QED) is 0.0500. The zero-order chi connectivity index (χ0) is 42.2. The number of aromatic nitrogens is 4. The highest BCUT2D eigenvalue weighted by molar-refractivity contribution is 8.13. The first-order valence-electron chi connectivity index (χ1n) is 17.6. The smallest absolute Gasteiger partial charge is 0.386 e. The topological polar surface area (TPSA) is 364 Å². The van der Waals surface area contributed by atoms with Crippen molar-refractivity contribution in [2.45, 2.75) is 89.4 Å². The Morgan fingerprint density at radius 2 is 1.68 bits per heavy atom. The van der Waals surface area contributed by atoms with Gasteiger partial charge in [0, 0.05) is 36.6 Å². The lowest BCUT2D eigenvalue weighted by Gasteiger charge is -2.30. The van der Waals surface area contributed by atoms with Crippen LogP contribution >= 0.6 is 35.2 Å². The Balaban J connectivity index is 1.22. The van der Waals surface area contributed by atoms with Crippen LogP contribution in [-0.4, -0.2) is 123 Å². The molecule has 2 amide bonds. The molecule has 2 aromatic heterocycles. The lowest BCUT2D eigenvalue weighted by Crippen LogP contribution is -2.46. The second kappa shape index (κ2) is 20.2. The van der Waals surface area contributed by atoms with E-state index < -0.39 is 84.6 Å². The third kappa shape index (κ3) is 14.1. The number of phosphoric ester groups is 3. The highest BCUT2D eigenvalue weighted by atomic mass is 32.2. The van der Waals surface area contributed by atoms with Crippen LogP contribution in [-0.2, 0) is 50.7 Å². The van der Waals surface area contributed by atoms with Gasteiger partial charge in [0.1, 0.15) is 36.3 Å². The molecule has 0 aromatic carbocycles. The molecule has 7 atom stereocenters. The summed E-state index contributed by atoms with van der Waals surface area (Å²) in [5.74, 6) is -0.957. The molecule has 3 heterocycles. The molecule has 0 radical (unpaired) electrons. The van der Waals surface area contributed by atoms with Crippen LogP contribution in [0.15, 0.2) is 12.7 Å². The van der Waals surface area contributed by atoms with Crippen molar-refractivity contribution in [1.82, 2.24) is 30.2 Å². The molecule has 322 valence electrons. The highest BCUT2D eigenvalue weighted by Gasteiger charge is 2.50. The number of fused-ring (bicyclic) bond motifs is 1. The average molecular weight is 892 g/mol. The van der Waals surface area contributed by atoms with Gasteiger partial charge in [0.15, 0.2) is 22.8 Å². The molecule has 2 aliphatic rings. The summed E-state index contributed by atoms with van der Waals surface area (Å²) in [5, 5.41) is 26.6. The second-order valence-electron chi connectivity index (χ2n) is 13.9.